The van der Waals surface area contributed by atoms with E-state index in [1.165, 1.54) is 5.56 Å². The first-order valence-corrected chi connectivity index (χ1v) is 8.15. The molecular weight excluding hydrogens is 350 g/mol. The van der Waals surface area contributed by atoms with Crippen LogP contribution in [0.1, 0.15) is 19.4 Å². The summed E-state index contributed by atoms with van der Waals surface area (Å²) in [5.41, 5.74) is 1.21. The van der Waals surface area contributed by atoms with Gasteiger partial charge in [-0.15, -0.1) is 0 Å². The first-order chi connectivity index (χ1) is 10.1. The van der Waals surface area contributed by atoms with Crippen LogP contribution in [0.4, 0.5) is 0 Å². The molecule has 0 heterocycles. The molecule has 2 aromatic rings. The normalized spacial score (nSPS) is 10.9. The Hall–Kier alpha value is -1.03. The average Bonchev–Trinajstić information content (AvgIpc) is 2.43. The van der Waals surface area contributed by atoms with Crippen LogP contribution >= 0.6 is 27.5 Å². The number of hydrogen-bond donors (Lipinski definition) is 1. The number of hydrogen-bond acceptors (Lipinski definition) is 2. The third-order valence-electron chi connectivity index (χ3n) is 2.96. The molecule has 0 atom stereocenters. The Balaban J connectivity index is 2.03. The quantitative estimate of drug-likeness (QED) is 0.712. The van der Waals surface area contributed by atoms with Gasteiger partial charge in [-0.3, -0.25) is 0 Å². The molecule has 21 heavy (non-hydrogen) atoms. The molecule has 0 unspecified atom stereocenters. The van der Waals surface area contributed by atoms with Gasteiger partial charge in [-0.05, 0) is 42.3 Å². The minimum absolute atomic E-state index is 0.608. The molecule has 2 nitrogen and oxygen atoms in total. The highest BCUT2D eigenvalue weighted by atomic mass is 79.9. The van der Waals surface area contributed by atoms with Crippen molar-refractivity contribution in [3.05, 3.63) is 57.5 Å². The SMILES string of the molecule is CC(C)CNCc1ccc(Oc2ccccc2Cl)cc1Br. The lowest BCUT2D eigenvalue weighted by molar-refractivity contribution is 0.482. The molecule has 0 amide bonds. The largest absolute Gasteiger partial charge is 0.456 e. The number of nitrogens with one attached hydrogen (secondary N) is 1. The number of ether oxygens (including phenoxy) is 1. The van der Waals surface area contributed by atoms with E-state index in [4.69, 9.17) is 16.3 Å². The molecule has 0 saturated heterocycles. The molecular formula is C17H19BrClNO. The van der Waals surface area contributed by atoms with Gasteiger partial charge in [0.05, 0.1) is 5.02 Å². The zero-order chi connectivity index (χ0) is 15.2. The maximum atomic E-state index is 6.10. The lowest BCUT2D eigenvalue weighted by Crippen LogP contribution is -2.19. The average molecular weight is 369 g/mol. The van der Waals surface area contributed by atoms with Crippen molar-refractivity contribution in [2.45, 2.75) is 20.4 Å². The van der Waals surface area contributed by atoms with Gasteiger partial charge in [0, 0.05) is 11.0 Å². The fraction of sp³-hybridized carbons (Fsp3) is 0.294. The Morgan fingerprint density at radius 1 is 1.19 bits per heavy atom. The van der Waals surface area contributed by atoms with E-state index in [0.29, 0.717) is 16.7 Å². The first-order valence-electron chi connectivity index (χ1n) is 6.98. The van der Waals surface area contributed by atoms with Crippen LogP contribution in [-0.4, -0.2) is 6.54 Å². The molecule has 0 saturated carbocycles. The van der Waals surface area contributed by atoms with Crippen molar-refractivity contribution in [2.75, 3.05) is 6.54 Å². The molecule has 0 fully saturated rings. The minimum atomic E-state index is 0.608. The summed E-state index contributed by atoms with van der Waals surface area (Å²) in [5.74, 6) is 2.07. The number of halogens is 2. The van der Waals surface area contributed by atoms with E-state index in [1.54, 1.807) is 0 Å². The maximum absolute atomic E-state index is 6.10. The topological polar surface area (TPSA) is 21.3 Å². The second-order valence-electron chi connectivity index (χ2n) is 5.31. The summed E-state index contributed by atoms with van der Waals surface area (Å²) in [4.78, 5) is 0. The predicted molar refractivity (Wildman–Crippen MR) is 92.2 cm³/mol. The van der Waals surface area contributed by atoms with E-state index in [2.05, 4.69) is 41.2 Å². The summed E-state index contributed by atoms with van der Waals surface area (Å²) in [6.45, 7) is 6.24. The molecule has 0 aromatic heterocycles. The molecule has 2 aromatic carbocycles. The van der Waals surface area contributed by atoms with Gasteiger partial charge in [-0.1, -0.05) is 59.6 Å². The number of para-hydroxylation sites is 1. The fourth-order valence-electron chi connectivity index (χ4n) is 1.88. The monoisotopic (exact) mass is 367 g/mol. The molecule has 0 radical (unpaired) electrons. The van der Waals surface area contributed by atoms with Gasteiger partial charge < -0.3 is 10.1 Å². The van der Waals surface area contributed by atoms with Gasteiger partial charge in [-0.25, -0.2) is 0 Å². The second-order valence-corrected chi connectivity index (χ2v) is 6.57. The van der Waals surface area contributed by atoms with Gasteiger partial charge >= 0.3 is 0 Å². The van der Waals surface area contributed by atoms with Crippen LogP contribution in [0.5, 0.6) is 11.5 Å². The third kappa shape index (κ3) is 5.03. The van der Waals surface area contributed by atoms with Crippen LogP contribution in [-0.2, 0) is 6.54 Å². The van der Waals surface area contributed by atoms with Crippen LogP contribution in [0.3, 0.4) is 0 Å². The van der Waals surface area contributed by atoms with E-state index >= 15 is 0 Å². The van der Waals surface area contributed by atoms with Gasteiger partial charge in [0.1, 0.15) is 11.5 Å². The highest BCUT2D eigenvalue weighted by Crippen LogP contribution is 2.31. The Labute approximate surface area is 139 Å². The highest BCUT2D eigenvalue weighted by molar-refractivity contribution is 9.10. The lowest BCUT2D eigenvalue weighted by Gasteiger charge is -2.11. The van der Waals surface area contributed by atoms with Crippen LogP contribution in [0.25, 0.3) is 0 Å². The summed E-state index contributed by atoms with van der Waals surface area (Å²) in [6, 6.07) is 13.4. The molecule has 4 heteroatoms. The minimum Gasteiger partial charge on any atom is -0.456 e. The molecule has 0 aliphatic rings. The van der Waals surface area contributed by atoms with E-state index in [9.17, 15) is 0 Å². The Morgan fingerprint density at radius 2 is 1.95 bits per heavy atom. The molecule has 0 bridgehead atoms. The molecule has 2 rings (SSSR count). The van der Waals surface area contributed by atoms with Crippen molar-refractivity contribution in [2.24, 2.45) is 5.92 Å². The van der Waals surface area contributed by atoms with E-state index < -0.39 is 0 Å². The molecule has 0 aliphatic heterocycles. The van der Waals surface area contributed by atoms with Gasteiger partial charge in [0.2, 0.25) is 0 Å². The van der Waals surface area contributed by atoms with Crippen LogP contribution in [0, 0.1) is 5.92 Å². The van der Waals surface area contributed by atoms with E-state index in [0.717, 1.165) is 23.3 Å². The third-order valence-corrected chi connectivity index (χ3v) is 4.01. The van der Waals surface area contributed by atoms with E-state index in [-0.39, 0.29) is 0 Å². The van der Waals surface area contributed by atoms with E-state index in [1.807, 2.05) is 36.4 Å². The van der Waals surface area contributed by atoms with Gasteiger partial charge in [0.15, 0.2) is 0 Å². The standard InChI is InChI=1S/C17H19BrClNO/c1-12(2)10-20-11-13-7-8-14(9-15(13)18)21-17-6-4-3-5-16(17)19/h3-9,12,20H,10-11H2,1-2H3. The molecule has 0 aliphatic carbocycles. The summed E-state index contributed by atoms with van der Waals surface area (Å²) < 4.78 is 6.84. The van der Waals surface area contributed by atoms with Crippen molar-refractivity contribution < 1.29 is 4.74 Å². The molecule has 0 spiro atoms. The van der Waals surface area contributed by atoms with Crippen molar-refractivity contribution in [3.8, 4) is 11.5 Å². The zero-order valence-electron chi connectivity index (χ0n) is 12.2. The van der Waals surface area contributed by atoms with Gasteiger partial charge in [-0.2, -0.15) is 0 Å². The number of rotatable bonds is 6. The van der Waals surface area contributed by atoms with Crippen LogP contribution < -0.4 is 10.1 Å². The maximum Gasteiger partial charge on any atom is 0.146 e. The van der Waals surface area contributed by atoms with Crippen molar-refractivity contribution in [1.29, 1.82) is 0 Å². The Kier molecular flexibility index (Phi) is 6.09. The lowest BCUT2D eigenvalue weighted by atomic mass is 10.2. The summed E-state index contributed by atoms with van der Waals surface area (Å²) >= 11 is 9.69. The van der Waals surface area contributed by atoms with Crippen LogP contribution in [0.2, 0.25) is 5.02 Å². The van der Waals surface area contributed by atoms with Crippen molar-refractivity contribution in [1.82, 2.24) is 5.32 Å². The number of benzene rings is 2. The van der Waals surface area contributed by atoms with Crippen molar-refractivity contribution >= 4 is 27.5 Å². The Morgan fingerprint density at radius 3 is 2.62 bits per heavy atom. The summed E-state index contributed by atoms with van der Waals surface area (Å²) in [6.07, 6.45) is 0. The second kappa shape index (κ2) is 7.83. The molecule has 1 N–H and O–H groups in total. The zero-order valence-corrected chi connectivity index (χ0v) is 14.5. The fourth-order valence-corrected chi connectivity index (χ4v) is 2.56. The highest BCUT2D eigenvalue weighted by Gasteiger charge is 2.06. The molecule has 112 valence electrons. The smallest absolute Gasteiger partial charge is 0.146 e. The predicted octanol–water partition coefficient (Wildman–Crippen LogP) is 5.64. The summed E-state index contributed by atoms with van der Waals surface area (Å²) in [7, 11) is 0. The summed E-state index contributed by atoms with van der Waals surface area (Å²) in [5, 5.41) is 4.04. The van der Waals surface area contributed by atoms with Crippen molar-refractivity contribution in [3.63, 3.8) is 0 Å². The Bertz CT molecular complexity index is 601. The van der Waals surface area contributed by atoms with Crippen LogP contribution in [0.15, 0.2) is 46.9 Å². The first kappa shape index (κ1) is 16.3. The van der Waals surface area contributed by atoms with Gasteiger partial charge in [0.25, 0.3) is 0 Å².